The van der Waals surface area contributed by atoms with Crippen LogP contribution in [-0.2, 0) is 9.84 Å². The average molecular weight is 478 g/mol. The molecule has 1 aromatic heterocycles. The number of rotatable bonds is 4. The lowest BCUT2D eigenvalue weighted by atomic mass is 10.1. The monoisotopic (exact) mass is 477 g/mol. The minimum atomic E-state index is -3.51. The van der Waals surface area contributed by atoms with E-state index in [1.165, 1.54) is 24.3 Å². The highest BCUT2D eigenvalue weighted by molar-refractivity contribution is 7.91. The Balaban J connectivity index is 1.81. The molecule has 0 spiro atoms. The van der Waals surface area contributed by atoms with Gasteiger partial charge in [-0.3, -0.25) is 9.59 Å². The Hall–Kier alpha value is -3.08. The summed E-state index contributed by atoms with van der Waals surface area (Å²) in [7, 11) is -3.51. The molecule has 3 aromatic rings. The van der Waals surface area contributed by atoms with Crippen LogP contribution in [0.15, 0.2) is 59.4 Å². The van der Waals surface area contributed by atoms with Crippen LogP contribution in [0, 0.1) is 5.82 Å². The molecule has 1 aliphatic rings. The lowest BCUT2D eigenvalue weighted by molar-refractivity contribution is 0.0886. The third kappa shape index (κ3) is 4.57. The van der Waals surface area contributed by atoms with Gasteiger partial charge in [-0.25, -0.2) is 12.8 Å². The average Bonchev–Trinajstić information content (AvgIpc) is 2.99. The zero-order chi connectivity index (χ0) is 23.0. The summed E-state index contributed by atoms with van der Waals surface area (Å²) in [5.74, 6) is -2.39. The zero-order valence-electron chi connectivity index (χ0n) is 16.4. The molecule has 0 unspecified atom stereocenters. The molecule has 1 amide bonds. The largest absolute Gasteiger partial charge is 0.390 e. The van der Waals surface area contributed by atoms with E-state index < -0.39 is 50.8 Å². The molecule has 1 fully saturated rings. The number of hydrogen-bond donors (Lipinski definition) is 2. The molecule has 8 nitrogen and oxygen atoms in total. The van der Waals surface area contributed by atoms with Crippen LogP contribution in [0.1, 0.15) is 10.4 Å². The summed E-state index contributed by atoms with van der Waals surface area (Å²) in [4.78, 5) is 26.0. The first kappa shape index (κ1) is 22.1. The molecular weight excluding hydrogens is 461 g/mol. The Bertz CT molecular complexity index is 1360. The molecule has 2 aromatic carbocycles. The van der Waals surface area contributed by atoms with Crippen molar-refractivity contribution in [2.45, 2.75) is 12.1 Å². The Morgan fingerprint density at radius 1 is 1.16 bits per heavy atom. The minimum Gasteiger partial charge on any atom is -0.390 e. The Morgan fingerprint density at radius 3 is 2.50 bits per heavy atom. The van der Waals surface area contributed by atoms with Crippen molar-refractivity contribution in [1.29, 1.82) is 0 Å². The topological polar surface area (TPSA) is 118 Å². The zero-order valence-corrected chi connectivity index (χ0v) is 18.0. The highest BCUT2D eigenvalue weighted by Gasteiger charge is 2.37. The van der Waals surface area contributed by atoms with Crippen LogP contribution in [-0.4, -0.2) is 52.9 Å². The van der Waals surface area contributed by atoms with Crippen molar-refractivity contribution < 1.29 is 22.7 Å². The van der Waals surface area contributed by atoms with Gasteiger partial charge in [0.05, 0.1) is 35.0 Å². The Morgan fingerprint density at radius 2 is 1.88 bits per heavy atom. The van der Waals surface area contributed by atoms with Crippen LogP contribution >= 0.6 is 11.6 Å². The predicted octanol–water partition coefficient (Wildman–Crippen LogP) is 1.58. The third-order valence-corrected chi connectivity index (χ3v) is 6.96. The summed E-state index contributed by atoms with van der Waals surface area (Å²) in [6, 6.07) is 11.8. The molecule has 0 aliphatic carbocycles. The van der Waals surface area contributed by atoms with E-state index in [0.29, 0.717) is 10.6 Å². The van der Waals surface area contributed by atoms with Gasteiger partial charge in [0.2, 0.25) is 0 Å². The second kappa shape index (κ2) is 8.45. The fourth-order valence-electron chi connectivity index (χ4n) is 3.41. The molecular formula is C21H17ClFN3O5S. The summed E-state index contributed by atoms with van der Waals surface area (Å²) in [6.07, 6.45) is -1.29. The number of aliphatic hydroxyl groups excluding tert-OH is 1. The molecule has 0 bridgehead atoms. The maximum atomic E-state index is 13.8. The molecule has 4 rings (SSSR count). The van der Waals surface area contributed by atoms with Crippen LogP contribution in [0.4, 0.5) is 4.39 Å². The van der Waals surface area contributed by atoms with Gasteiger partial charge in [-0.2, -0.15) is 9.78 Å². The number of carbonyl (C=O) groups is 1. The number of carbonyl (C=O) groups excluding carboxylic acids is 1. The van der Waals surface area contributed by atoms with E-state index in [0.717, 1.165) is 10.7 Å². The first-order valence-electron chi connectivity index (χ1n) is 9.48. The maximum Gasteiger partial charge on any atom is 0.284 e. The number of hydrogen-bond acceptors (Lipinski definition) is 6. The van der Waals surface area contributed by atoms with Crippen molar-refractivity contribution in [3.63, 3.8) is 0 Å². The van der Waals surface area contributed by atoms with Crippen LogP contribution in [0.25, 0.3) is 16.9 Å². The molecule has 11 heteroatoms. The second-order valence-corrected chi connectivity index (χ2v) is 9.96. The molecule has 166 valence electrons. The molecule has 2 N–H and O–H groups in total. The van der Waals surface area contributed by atoms with Crippen LogP contribution in [0.3, 0.4) is 0 Å². The lowest BCUT2D eigenvalue weighted by Gasteiger charge is -2.16. The molecule has 1 saturated heterocycles. The first-order chi connectivity index (χ1) is 15.1. The van der Waals surface area contributed by atoms with Gasteiger partial charge < -0.3 is 10.4 Å². The Kier molecular flexibility index (Phi) is 5.85. The molecule has 0 radical (unpaired) electrons. The van der Waals surface area contributed by atoms with E-state index in [9.17, 15) is 27.5 Å². The highest BCUT2D eigenvalue weighted by Crippen LogP contribution is 2.21. The molecule has 1 aliphatic heterocycles. The number of nitrogens with zero attached hydrogens (tertiary/aromatic N) is 2. The maximum absolute atomic E-state index is 13.8. The quantitative estimate of drug-likeness (QED) is 0.589. The van der Waals surface area contributed by atoms with Gasteiger partial charge in [0.1, 0.15) is 11.4 Å². The lowest BCUT2D eigenvalue weighted by Crippen LogP contribution is -2.44. The van der Waals surface area contributed by atoms with Crippen molar-refractivity contribution in [2.75, 3.05) is 11.5 Å². The van der Waals surface area contributed by atoms with Gasteiger partial charge in [0.15, 0.2) is 9.84 Å². The SMILES string of the molecule is O=C(N[C@H]1CS(=O)(=O)C[C@H]1O)c1cc(-c2ccc(Cl)cc2)nn(-c2cccc(F)c2)c1=O. The number of sulfone groups is 1. The van der Waals surface area contributed by atoms with Crippen molar-refractivity contribution in [2.24, 2.45) is 0 Å². The van der Waals surface area contributed by atoms with E-state index in [1.807, 2.05) is 0 Å². The van der Waals surface area contributed by atoms with Crippen molar-refractivity contribution in [3.8, 4) is 16.9 Å². The van der Waals surface area contributed by atoms with Gasteiger partial charge in [-0.1, -0.05) is 29.8 Å². The fraction of sp³-hybridized carbons (Fsp3) is 0.190. The van der Waals surface area contributed by atoms with Crippen LogP contribution < -0.4 is 10.9 Å². The van der Waals surface area contributed by atoms with Gasteiger partial charge in [0, 0.05) is 10.6 Å². The highest BCUT2D eigenvalue weighted by atomic mass is 35.5. The van der Waals surface area contributed by atoms with Crippen LogP contribution in [0.2, 0.25) is 5.02 Å². The van der Waals surface area contributed by atoms with Crippen molar-refractivity contribution >= 4 is 27.3 Å². The molecule has 2 atom stereocenters. The summed E-state index contributed by atoms with van der Waals surface area (Å²) < 4.78 is 38.1. The predicted molar refractivity (Wildman–Crippen MR) is 116 cm³/mol. The van der Waals surface area contributed by atoms with Gasteiger partial charge >= 0.3 is 0 Å². The fourth-order valence-corrected chi connectivity index (χ4v) is 5.28. The molecule has 0 saturated carbocycles. The number of aromatic nitrogens is 2. The summed E-state index contributed by atoms with van der Waals surface area (Å²) in [5, 5.41) is 17.1. The number of nitrogens with one attached hydrogen (secondary N) is 1. The number of halogens is 2. The Labute approximate surface area is 187 Å². The van der Waals surface area contributed by atoms with Crippen molar-refractivity contribution in [1.82, 2.24) is 15.1 Å². The van der Waals surface area contributed by atoms with Gasteiger partial charge in [-0.15, -0.1) is 0 Å². The summed E-state index contributed by atoms with van der Waals surface area (Å²) in [5.41, 5.74) is -0.303. The molecule has 32 heavy (non-hydrogen) atoms. The summed E-state index contributed by atoms with van der Waals surface area (Å²) >= 11 is 5.93. The van der Waals surface area contributed by atoms with Gasteiger partial charge in [-0.05, 0) is 36.4 Å². The smallest absolute Gasteiger partial charge is 0.284 e. The minimum absolute atomic E-state index is 0.100. The van der Waals surface area contributed by atoms with E-state index in [4.69, 9.17) is 11.6 Å². The van der Waals surface area contributed by atoms with Crippen molar-refractivity contribution in [3.05, 3.63) is 81.4 Å². The molecule has 2 heterocycles. The number of aliphatic hydroxyl groups is 1. The number of benzene rings is 2. The van der Waals surface area contributed by atoms with E-state index in [2.05, 4.69) is 10.4 Å². The second-order valence-electron chi connectivity index (χ2n) is 7.37. The van der Waals surface area contributed by atoms with E-state index in [1.54, 1.807) is 24.3 Å². The summed E-state index contributed by atoms with van der Waals surface area (Å²) in [6.45, 7) is 0. The van der Waals surface area contributed by atoms with Crippen LogP contribution in [0.5, 0.6) is 0 Å². The van der Waals surface area contributed by atoms with Gasteiger partial charge in [0.25, 0.3) is 11.5 Å². The third-order valence-electron chi connectivity index (χ3n) is 4.99. The first-order valence-corrected chi connectivity index (χ1v) is 11.7. The normalized spacial score (nSPS) is 19.6. The van der Waals surface area contributed by atoms with E-state index >= 15 is 0 Å². The van der Waals surface area contributed by atoms with E-state index in [-0.39, 0.29) is 16.9 Å². The number of amides is 1. The standard InChI is InChI=1S/C21H17ClFN3O5S/c22-13-6-4-12(5-7-13)17-9-16(20(28)24-18-10-32(30,31)11-19(18)27)21(29)26(25-17)15-3-1-2-14(23)8-15/h1-9,18-19,27H,10-11H2,(H,24,28)/t18-,19+/m0/s1.